The maximum absolute atomic E-state index is 6.04. The Balaban J connectivity index is 1.67. The molecule has 0 N–H and O–H groups in total. The van der Waals surface area contributed by atoms with E-state index in [1.165, 1.54) is 49.3 Å². The molecule has 0 radical (unpaired) electrons. The van der Waals surface area contributed by atoms with Crippen LogP contribution < -0.4 is 4.74 Å². The SMILES string of the molecule is Sc1ccc(OCCC2CCCCC2)c2ccccc12. The van der Waals surface area contributed by atoms with Crippen molar-refractivity contribution in [3.05, 3.63) is 36.4 Å². The topological polar surface area (TPSA) is 9.23 Å². The Morgan fingerprint density at radius 3 is 2.50 bits per heavy atom. The lowest BCUT2D eigenvalue weighted by atomic mass is 9.87. The number of hydrogen-bond acceptors (Lipinski definition) is 2. The fraction of sp³-hybridized carbons (Fsp3) is 0.444. The second-order valence-electron chi connectivity index (χ2n) is 5.77. The van der Waals surface area contributed by atoms with Crippen LogP contribution in [0.3, 0.4) is 0 Å². The van der Waals surface area contributed by atoms with Gasteiger partial charge in [0.05, 0.1) is 6.61 Å². The first-order chi connectivity index (χ1) is 9.84. The maximum atomic E-state index is 6.04. The van der Waals surface area contributed by atoms with Crippen molar-refractivity contribution in [2.24, 2.45) is 5.92 Å². The van der Waals surface area contributed by atoms with Gasteiger partial charge in [0, 0.05) is 10.3 Å². The van der Waals surface area contributed by atoms with Crippen molar-refractivity contribution in [1.29, 1.82) is 0 Å². The van der Waals surface area contributed by atoms with Crippen molar-refractivity contribution in [3.8, 4) is 5.75 Å². The Kier molecular flexibility index (Phi) is 4.51. The fourth-order valence-corrected chi connectivity index (χ4v) is 3.46. The number of benzene rings is 2. The van der Waals surface area contributed by atoms with Gasteiger partial charge in [-0.15, -0.1) is 12.6 Å². The lowest BCUT2D eigenvalue weighted by molar-refractivity contribution is 0.248. The summed E-state index contributed by atoms with van der Waals surface area (Å²) in [5.74, 6) is 1.87. The first kappa shape index (κ1) is 13.8. The van der Waals surface area contributed by atoms with E-state index in [4.69, 9.17) is 4.74 Å². The maximum Gasteiger partial charge on any atom is 0.127 e. The molecule has 2 aromatic carbocycles. The van der Waals surface area contributed by atoms with Crippen LogP contribution in [-0.2, 0) is 0 Å². The van der Waals surface area contributed by atoms with E-state index in [2.05, 4.69) is 30.8 Å². The molecular formula is C18H22OS. The molecule has 1 aliphatic rings. The molecule has 0 spiro atoms. The van der Waals surface area contributed by atoms with Gasteiger partial charge in [-0.1, -0.05) is 56.4 Å². The van der Waals surface area contributed by atoms with E-state index in [1.807, 2.05) is 18.2 Å². The molecule has 1 fully saturated rings. The smallest absolute Gasteiger partial charge is 0.127 e. The quantitative estimate of drug-likeness (QED) is 0.732. The van der Waals surface area contributed by atoms with Crippen molar-refractivity contribution in [2.75, 3.05) is 6.61 Å². The Morgan fingerprint density at radius 2 is 1.70 bits per heavy atom. The molecule has 20 heavy (non-hydrogen) atoms. The van der Waals surface area contributed by atoms with Crippen LogP contribution in [0.2, 0.25) is 0 Å². The molecule has 0 heterocycles. The van der Waals surface area contributed by atoms with E-state index in [0.29, 0.717) is 0 Å². The van der Waals surface area contributed by atoms with E-state index < -0.39 is 0 Å². The molecule has 0 atom stereocenters. The summed E-state index contributed by atoms with van der Waals surface area (Å²) in [6.07, 6.45) is 8.20. The molecule has 0 saturated heterocycles. The summed E-state index contributed by atoms with van der Waals surface area (Å²) in [5.41, 5.74) is 0. The molecule has 1 nitrogen and oxygen atoms in total. The van der Waals surface area contributed by atoms with Gasteiger partial charge < -0.3 is 4.74 Å². The average Bonchev–Trinajstić information content (AvgIpc) is 2.51. The minimum atomic E-state index is 0.834. The molecule has 106 valence electrons. The lowest BCUT2D eigenvalue weighted by Crippen LogP contribution is -2.10. The van der Waals surface area contributed by atoms with Crippen LogP contribution in [0.5, 0.6) is 5.75 Å². The monoisotopic (exact) mass is 286 g/mol. The predicted octanol–water partition coefficient (Wildman–Crippen LogP) is 5.48. The van der Waals surface area contributed by atoms with Crippen LogP contribution in [0.4, 0.5) is 0 Å². The van der Waals surface area contributed by atoms with Crippen molar-refractivity contribution in [3.63, 3.8) is 0 Å². The van der Waals surface area contributed by atoms with Crippen LogP contribution in [0.25, 0.3) is 10.8 Å². The van der Waals surface area contributed by atoms with Gasteiger partial charge in [0.25, 0.3) is 0 Å². The summed E-state index contributed by atoms with van der Waals surface area (Å²) in [5, 5.41) is 2.34. The number of ether oxygens (including phenoxy) is 1. The number of hydrogen-bond donors (Lipinski definition) is 1. The fourth-order valence-electron chi connectivity index (χ4n) is 3.19. The lowest BCUT2D eigenvalue weighted by Gasteiger charge is -2.21. The normalized spacial score (nSPS) is 16.4. The number of thiol groups is 1. The van der Waals surface area contributed by atoms with E-state index in [-0.39, 0.29) is 0 Å². The second kappa shape index (κ2) is 6.53. The van der Waals surface area contributed by atoms with Crippen LogP contribution in [0.1, 0.15) is 38.5 Å². The van der Waals surface area contributed by atoms with Crippen LogP contribution >= 0.6 is 12.6 Å². The first-order valence-corrected chi connectivity index (χ1v) is 8.13. The number of fused-ring (bicyclic) bond motifs is 1. The third-order valence-corrected chi connectivity index (χ3v) is 4.76. The minimum absolute atomic E-state index is 0.834. The van der Waals surface area contributed by atoms with Gasteiger partial charge in [-0.2, -0.15) is 0 Å². The molecule has 0 amide bonds. The highest BCUT2D eigenvalue weighted by atomic mass is 32.1. The van der Waals surface area contributed by atoms with Gasteiger partial charge in [0.15, 0.2) is 0 Å². The molecule has 1 aliphatic carbocycles. The summed E-state index contributed by atoms with van der Waals surface area (Å²) in [7, 11) is 0. The molecule has 1 saturated carbocycles. The summed E-state index contributed by atoms with van der Waals surface area (Å²) in [6.45, 7) is 0.834. The van der Waals surface area contributed by atoms with Gasteiger partial charge in [-0.3, -0.25) is 0 Å². The zero-order valence-electron chi connectivity index (χ0n) is 11.8. The highest BCUT2D eigenvalue weighted by Gasteiger charge is 2.13. The van der Waals surface area contributed by atoms with Crippen molar-refractivity contribution in [1.82, 2.24) is 0 Å². The van der Waals surface area contributed by atoms with Gasteiger partial charge in [-0.05, 0) is 29.9 Å². The molecule has 3 rings (SSSR count). The van der Waals surface area contributed by atoms with Gasteiger partial charge >= 0.3 is 0 Å². The zero-order valence-corrected chi connectivity index (χ0v) is 12.7. The van der Waals surface area contributed by atoms with E-state index >= 15 is 0 Å². The Bertz CT molecular complexity index is 573. The Morgan fingerprint density at radius 1 is 0.950 bits per heavy atom. The molecule has 0 bridgehead atoms. The highest BCUT2D eigenvalue weighted by Crippen LogP contribution is 2.31. The highest BCUT2D eigenvalue weighted by molar-refractivity contribution is 7.80. The van der Waals surface area contributed by atoms with E-state index in [1.54, 1.807) is 0 Å². The molecule has 0 aliphatic heterocycles. The third kappa shape index (κ3) is 3.12. The summed E-state index contributed by atoms with van der Waals surface area (Å²) < 4.78 is 6.04. The Labute approximate surface area is 126 Å². The minimum Gasteiger partial charge on any atom is -0.493 e. The second-order valence-corrected chi connectivity index (χ2v) is 6.25. The standard InChI is InChI=1S/C18H22OS/c20-18-11-10-17(15-8-4-5-9-16(15)18)19-13-12-14-6-2-1-3-7-14/h4-5,8-11,14,20H,1-3,6-7,12-13H2. The third-order valence-electron chi connectivity index (χ3n) is 4.37. The van der Waals surface area contributed by atoms with Crippen LogP contribution in [0, 0.1) is 5.92 Å². The van der Waals surface area contributed by atoms with Crippen molar-refractivity contribution in [2.45, 2.75) is 43.4 Å². The molecule has 2 aromatic rings. The van der Waals surface area contributed by atoms with Gasteiger partial charge in [0.2, 0.25) is 0 Å². The average molecular weight is 286 g/mol. The van der Waals surface area contributed by atoms with Crippen molar-refractivity contribution >= 4 is 23.4 Å². The van der Waals surface area contributed by atoms with Crippen LogP contribution in [-0.4, -0.2) is 6.61 Å². The molecular weight excluding hydrogens is 264 g/mol. The summed E-state index contributed by atoms with van der Waals surface area (Å²) in [6, 6.07) is 12.4. The predicted molar refractivity (Wildman–Crippen MR) is 87.9 cm³/mol. The number of rotatable bonds is 4. The molecule has 2 heteroatoms. The van der Waals surface area contributed by atoms with Crippen molar-refractivity contribution < 1.29 is 4.74 Å². The van der Waals surface area contributed by atoms with Gasteiger partial charge in [0.1, 0.15) is 5.75 Å². The van der Waals surface area contributed by atoms with E-state index in [9.17, 15) is 0 Å². The summed E-state index contributed by atoms with van der Waals surface area (Å²) >= 11 is 4.52. The summed E-state index contributed by atoms with van der Waals surface area (Å²) in [4.78, 5) is 1.01. The largest absolute Gasteiger partial charge is 0.493 e. The van der Waals surface area contributed by atoms with E-state index in [0.717, 1.165) is 23.2 Å². The van der Waals surface area contributed by atoms with Gasteiger partial charge in [-0.25, -0.2) is 0 Å². The van der Waals surface area contributed by atoms with Crippen LogP contribution in [0.15, 0.2) is 41.3 Å². The molecule has 0 aromatic heterocycles. The molecule has 0 unspecified atom stereocenters. The Hall–Kier alpha value is -1.15. The first-order valence-electron chi connectivity index (χ1n) is 7.68. The zero-order chi connectivity index (χ0) is 13.8.